The number of aliphatic hydroxyl groups is 2. The number of furan rings is 1. The Labute approximate surface area is 201 Å². The van der Waals surface area contributed by atoms with Gasteiger partial charge in [-0.1, -0.05) is 12.1 Å². The molecule has 6 rings (SSSR count). The van der Waals surface area contributed by atoms with Crippen LogP contribution in [0.25, 0.3) is 38.1 Å². The Morgan fingerprint density at radius 1 is 1.00 bits per heavy atom. The lowest BCUT2D eigenvalue weighted by molar-refractivity contribution is -0.00332. The van der Waals surface area contributed by atoms with Gasteiger partial charge in [-0.15, -0.1) is 11.3 Å². The molecular formula is C28H24N2O3S. The van der Waals surface area contributed by atoms with E-state index in [1.165, 1.54) is 59.3 Å². The number of hydrogen-bond acceptors (Lipinski definition) is 6. The lowest BCUT2D eigenvalue weighted by atomic mass is 9.90. The number of fused-ring (bicyclic) bond motifs is 1. The van der Waals surface area contributed by atoms with Crippen molar-refractivity contribution in [2.75, 3.05) is 18.0 Å². The van der Waals surface area contributed by atoms with E-state index in [1.54, 1.807) is 11.3 Å². The third-order valence-corrected chi connectivity index (χ3v) is 7.89. The van der Waals surface area contributed by atoms with Crippen molar-refractivity contribution < 1.29 is 14.6 Å². The molecule has 4 aromatic rings. The number of aryl methyl sites for hydroxylation is 2. The SMILES string of the molecule is N#C/C(=C/c1ccc2cc(-c3ccc(-c4cc5c6c(c4)CCCN6CCC5)s3)oc2c1)C(O)O. The molecule has 6 heteroatoms. The van der Waals surface area contributed by atoms with Crippen LogP contribution in [0.3, 0.4) is 0 Å². The first-order chi connectivity index (χ1) is 16.6. The van der Waals surface area contributed by atoms with E-state index < -0.39 is 6.29 Å². The summed E-state index contributed by atoms with van der Waals surface area (Å²) in [5, 5.41) is 28.6. The molecule has 2 aromatic heterocycles. The quantitative estimate of drug-likeness (QED) is 0.295. The Morgan fingerprint density at radius 3 is 2.44 bits per heavy atom. The number of aliphatic hydroxyl groups excluding tert-OH is 1. The van der Waals surface area contributed by atoms with Crippen LogP contribution in [0.15, 0.2) is 58.5 Å². The highest BCUT2D eigenvalue weighted by Gasteiger charge is 2.24. The van der Waals surface area contributed by atoms with Gasteiger partial charge in [-0.25, -0.2) is 0 Å². The van der Waals surface area contributed by atoms with Crippen molar-refractivity contribution in [1.29, 1.82) is 5.26 Å². The average Bonchev–Trinajstić information content (AvgIpc) is 3.50. The number of anilines is 1. The van der Waals surface area contributed by atoms with Crippen molar-refractivity contribution in [1.82, 2.24) is 0 Å². The number of hydrogen-bond donors (Lipinski definition) is 2. The minimum absolute atomic E-state index is 0.110. The lowest BCUT2D eigenvalue weighted by Crippen LogP contribution is -2.34. The third kappa shape index (κ3) is 3.72. The zero-order valence-electron chi connectivity index (χ0n) is 18.6. The van der Waals surface area contributed by atoms with Crippen LogP contribution in [-0.2, 0) is 12.8 Å². The zero-order valence-corrected chi connectivity index (χ0v) is 19.4. The van der Waals surface area contributed by atoms with Crippen molar-refractivity contribution >= 4 is 34.1 Å². The molecule has 0 radical (unpaired) electrons. The maximum absolute atomic E-state index is 9.29. The topological polar surface area (TPSA) is 80.6 Å². The smallest absolute Gasteiger partial charge is 0.188 e. The summed E-state index contributed by atoms with van der Waals surface area (Å²) in [6.45, 7) is 2.37. The highest BCUT2D eigenvalue weighted by Crippen LogP contribution is 2.42. The van der Waals surface area contributed by atoms with Gasteiger partial charge in [-0.3, -0.25) is 0 Å². The van der Waals surface area contributed by atoms with Crippen molar-refractivity contribution in [3.05, 3.63) is 70.8 Å². The minimum atomic E-state index is -1.79. The van der Waals surface area contributed by atoms with Crippen molar-refractivity contribution in [3.8, 4) is 27.1 Å². The molecule has 170 valence electrons. The molecule has 0 bridgehead atoms. The molecule has 34 heavy (non-hydrogen) atoms. The Morgan fingerprint density at radius 2 is 1.74 bits per heavy atom. The second-order valence-electron chi connectivity index (χ2n) is 8.99. The summed E-state index contributed by atoms with van der Waals surface area (Å²) < 4.78 is 6.14. The largest absolute Gasteiger partial charge is 0.455 e. The van der Waals surface area contributed by atoms with E-state index >= 15 is 0 Å². The monoisotopic (exact) mass is 468 g/mol. The molecule has 0 atom stereocenters. The van der Waals surface area contributed by atoms with Crippen molar-refractivity contribution in [2.45, 2.75) is 32.0 Å². The first kappa shape index (κ1) is 21.2. The lowest BCUT2D eigenvalue weighted by Gasteiger charge is -2.37. The fraction of sp³-hybridized carbons (Fsp3) is 0.250. The molecular weight excluding hydrogens is 444 g/mol. The van der Waals surface area contributed by atoms with E-state index in [2.05, 4.69) is 29.2 Å². The van der Waals surface area contributed by atoms with Crippen LogP contribution >= 0.6 is 11.3 Å². The molecule has 2 aliphatic rings. The van der Waals surface area contributed by atoms with Gasteiger partial charge in [-0.2, -0.15) is 5.26 Å². The van der Waals surface area contributed by atoms with Crippen LogP contribution in [0.1, 0.15) is 29.5 Å². The zero-order chi connectivity index (χ0) is 23.2. The van der Waals surface area contributed by atoms with Gasteiger partial charge >= 0.3 is 0 Å². The normalized spacial score (nSPS) is 15.6. The average molecular weight is 469 g/mol. The predicted molar refractivity (Wildman–Crippen MR) is 136 cm³/mol. The van der Waals surface area contributed by atoms with Crippen LogP contribution in [0, 0.1) is 11.3 Å². The second kappa shape index (κ2) is 8.44. The van der Waals surface area contributed by atoms with E-state index in [1.807, 2.05) is 30.3 Å². The predicted octanol–water partition coefficient (Wildman–Crippen LogP) is 5.74. The van der Waals surface area contributed by atoms with E-state index in [0.29, 0.717) is 11.1 Å². The van der Waals surface area contributed by atoms with Gasteiger partial charge in [0.25, 0.3) is 0 Å². The molecule has 0 aliphatic carbocycles. The second-order valence-corrected chi connectivity index (χ2v) is 10.1. The van der Waals surface area contributed by atoms with E-state index in [-0.39, 0.29) is 5.57 Å². The molecule has 5 nitrogen and oxygen atoms in total. The summed E-state index contributed by atoms with van der Waals surface area (Å²) in [5.74, 6) is 0.806. The van der Waals surface area contributed by atoms with E-state index in [0.717, 1.165) is 28.9 Å². The molecule has 2 aliphatic heterocycles. The van der Waals surface area contributed by atoms with Gasteiger partial charge < -0.3 is 19.5 Å². The van der Waals surface area contributed by atoms with Crippen molar-refractivity contribution in [2.24, 2.45) is 0 Å². The summed E-state index contributed by atoms with van der Waals surface area (Å²) >= 11 is 1.74. The molecule has 0 unspecified atom stereocenters. The molecule has 0 fully saturated rings. The summed E-state index contributed by atoms with van der Waals surface area (Å²) in [6, 6.07) is 18.5. The van der Waals surface area contributed by atoms with Crippen molar-refractivity contribution in [3.63, 3.8) is 0 Å². The highest BCUT2D eigenvalue weighted by molar-refractivity contribution is 7.18. The van der Waals surface area contributed by atoms with E-state index in [4.69, 9.17) is 9.68 Å². The molecule has 0 saturated heterocycles. The van der Waals surface area contributed by atoms with E-state index in [9.17, 15) is 10.2 Å². The number of rotatable bonds is 4. The maximum Gasteiger partial charge on any atom is 0.188 e. The summed E-state index contributed by atoms with van der Waals surface area (Å²) in [4.78, 5) is 4.89. The van der Waals surface area contributed by atoms with Crippen LogP contribution < -0.4 is 4.90 Å². The number of nitriles is 1. The molecule has 2 aromatic carbocycles. The minimum Gasteiger partial charge on any atom is -0.455 e. The van der Waals surface area contributed by atoms with Gasteiger partial charge in [0.15, 0.2) is 6.29 Å². The first-order valence-electron chi connectivity index (χ1n) is 11.6. The Balaban J connectivity index is 1.33. The van der Waals surface area contributed by atoms with Gasteiger partial charge in [0, 0.05) is 29.0 Å². The van der Waals surface area contributed by atoms with Crippen LogP contribution in [0.4, 0.5) is 5.69 Å². The number of nitrogens with zero attached hydrogens (tertiary/aromatic N) is 2. The van der Waals surface area contributed by atoms with Gasteiger partial charge in [0.05, 0.1) is 10.5 Å². The third-order valence-electron chi connectivity index (χ3n) is 6.74. The maximum atomic E-state index is 9.29. The van der Waals surface area contributed by atoms with Crippen LogP contribution in [0.2, 0.25) is 0 Å². The number of benzene rings is 2. The number of thiophene rings is 1. The first-order valence-corrected chi connectivity index (χ1v) is 12.4. The molecule has 4 heterocycles. The summed E-state index contributed by atoms with van der Waals surface area (Å²) in [5.41, 5.74) is 7.03. The van der Waals surface area contributed by atoms with Gasteiger partial charge in [-0.05, 0) is 90.4 Å². The summed E-state index contributed by atoms with van der Waals surface area (Å²) in [7, 11) is 0. The van der Waals surface area contributed by atoms with Crippen LogP contribution in [-0.4, -0.2) is 29.6 Å². The fourth-order valence-corrected chi connectivity index (χ4v) is 6.12. The Kier molecular flexibility index (Phi) is 5.26. The Bertz CT molecular complexity index is 1440. The van der Waals surface area contributed by atoms with Gasteiger partial charge in [0.2, 0.25) is 0 Å². The summed E-state index contributed by atoms with van der Waals surface area (Å²) in [6.07, 6.45) is 4.44. The standard InChI is InChI=1S/C28H24N2O3S/c29-16-22(28(31)32)11-17-5-6-18-15-24(33-23(18)12-17)26-8-7-25(34-26)21-13-19-3-1-9-30-10-2-4-20(14-21)27(19)30/h5-8,11-15,28,31-32H,1-4,9-10H2/b22-11-. The highest BCUT2D eigenvalue weighted by atomic mass is 32.1. The Hall–Kier alpha value is -3.37. The molecule has 2 N–H and O–H groups in total. The van der Waals surface area contributed by atoms with Gasteiger partial charge in [0.1, 0.15) is 17.4 Å². The fourth-order valence-electron chi connectivity index (χ4n) is 5.17. The van der Waals surface area contributed by atoms with Crippen LogP contribution in [0.5, 0.6) is 0 Å². The molecule has 0 saturated carbocycles. The molecule has 0 spiro atoms. The molecule has 0 amide bonds.